The van der Waals surface area contributed by atoms with Gasteiger partial charge in [0.15, 0.2) is 0 Å². The van der Waals surface area contributed by atoms with E-state index in [1.165, 1.54) is 56.2 Å². The Kier molecular flexibility index (Phi) is 4.89. The van der Waals surface area contributed by atoms with Gasteiger partial charge in [-0.05, 0) is 47.6 Å². The molecule has 3 aliphatic rings. The molecule has 38 heavy (non-hydrogen) atoms. The molecule has 1 aromatic carbocycles. The Morgan fingerprint density at radius 2 is 1.87 bits per heavy atom. The van der Waals surface area contributed by atoms with Gasteiger partial charge in [0, 0.05) is 60.3 Å². The molecular formula is C32H36N6. The lowest BCUT2D eigenvalue weighted by molar-refractivity contribution is 0.555. The third kappa shape index (κ3) is 3.03. The number of hydrogen-bond donors (Lipinski definition) is 1. The number of para-hydroxylation sites is 1. The molecule has 7 rings (SSSR count). The summed E-state index contributed by atoms with van der Waals surface area (Å²) in [4.78, 5) is 15.5. The van der Waals surface area contributed by atoms with Gasteiger partial charge in [0.1, 0.15) is 0 Å². The quantitative estimate of drug-likeness (QED) is 0.359. The van der Waals surface area contributed by atoms with Crippen molar-refractivity contribution >= 4 is 11.5 Å². The van der Waals surface area contributed by atoms with E-state index in [1.807, 2.05) is 12.4 Å². The maximum Gasteiger partial charge on any atom is 0.225 e. The van der Waals surface area contributed by atoms with E-state index >= 15 is 0 Å². The average Bonchev–Trinajstić information content (AvgIpc) is 3.57. The first-order chi connectivity index (χ1) is 18.2. The molecule has 2 aliphatic heterocycles. The third-order valence-electron chi connectivity index (χ3n) is 9.09. The van der Waals surface area contributed by atoms with Gasteiger partial charge in [0.2, 0.25) is 5.95 Å². The lowest BCUT2D eigenvalue weighted by atomic mass is 9.60. The van der Waals surface area contributed by atoms with Gasteiger partial charge in [-0.2, -0.15) is 5.10 Å². The van der Waals surface area contributed by atoms with Crippen LogP contribution in [0.3, 0.4) is 0 Å². The van der Waals surface area contributed by atoms with E-state index in [2.05, 4.69) is 92.6 Å². The van der Waals surface area contributed by atoms with E-state index in [4.69, 9.17) is 15.1 Å². The first-order valence-corrected chi connectivity index (χ1v) is 14.0. The van der Waals surface area contributed by atoms with Crippen molar-refractivity contribution in [3.63, 3.8) is 0 Å². The van der Waals surface area contributed by atoms with Crippen LogP contribution in [-0.2, 0) is 30.2 Å². The van der Waals surface area contributed by atoms with E-state index in [9.17, 15) is 0 Å². The van der Waals surface area contributed by atoms with Crippen LogP contribution in [0.15, 0.2) is 48.9 Å². The van der Waals surface area contributed by atoms with Crippen LogP contribution in [0.4, 0.5) is 5.95 Å². The number of benzene rings is 1. The molecule has 1 atom stereocenters. The lowest BCUT2D eigenvalue weighted by Crippen LogP contribution is -2.41. The normalized spacial score (nSPS) is 20.8. The molecule has 0 fully saturated rings. The van der Waals surface area contributed by atoms with Crippen LogP contribution < -0.4 is 4.90 Å². The first kappa shape index (κ1) is 23.4. The molecular weight excluding hydrogens is 468 g/mol. The highest BCUT2D eigenvalue weighted by Crippen LogP contribution is 2.57. The van der Waals surface area contributed by atoms with Crippen molar-refractivity contribution in [1.29, 1.82) is 0 Å². The molecule has 0 radical (unpaired) electrons. The largest absolute Gasteiger partial charge is 0.364 e. The minimum Gasteiger partial charge on any atom is -0.364 e. The summed E-state index contributed by atoms with van der Waals surface area (Å²) < 4.78 is 2.30. The third-order valence-corrected chi connectivity index (χ3v) is 9.09. The van der Waals surface area contributed by atoms with Crippen LogP contribution in [0.1, 0.15) is 92.4 Å². The summed E-state index contributed by atoms with van der Waals surface area (Å²) >= 11 is 0. The van der Waals surface area contributed by atoms with Gasteiger partial charge >= 0.3 is 0 Å². The SMILES string of the molecule is CCc1cccc2c1-n1nc3c(c1C1(C)C2=CC(C)(C)c2[nH]ccc21)CN(c1ncc(C(C)C)cn1)CC3. The highest BCUT2D eigenvalue weighted by molar-refractivity contribution is 5.89. The summed E-state index contributed by atoms with van der Waals surface area (Å²) in [6, 6.07) is 9.06. The molecule has 1 aliphatic carbocycles. The van der Waals surface area contributed by atoms with Crippen molar-refractivity contribution in [3.05, 3.63) is 93.8 Å². The standard InChI is InChI=1S/C32H36N6/c1-7-20-9-8-10-22-25-15-31(4,5)28-24(11-13-33-28)32(25,6)29-23-18-37(14-12-26(23)36-38(29)27(20)22)30-34-16-21(17-35-30)19(2)3/h8-11,13,15-17,19,33H,7,12,14,18H2,1-6H3. The minimum absolute atomic E-state index is 0.0898. The van der Waals surface area contributed by atoms with Gasteiger partial charge in [0.05, 0.1) is 22.5 Å². The summed E-state index contributed by atoms with van der Waals surface area (Å²) in [6.45, 7) is 15.3. The van der Waals surface area contributed by atoms with Crippen LogP contribution in [0.25, 0.3) is 11.3 Å². The summed E-state index contributed by atoms with van der Waals surface area (Å²) in [5.74, 6) is 1.22. The Hall–Kier alpha value is -3.67. The molecule has 0 bridgehead atoms. The van der Waals surface area contributed by atoms with Crippen molar-refractivity contribution < 1.29 is 0 Å². The molecule has 194 valence electrons. The number of allylic oxidation sites excluding steroid dienone is 2. The van der Waals surface area contributed by atoms with Gasteiger partial charge in [0.25, 0.3) is 0 Å². The highest BCUT2D eigenvalue weighted by atomic mass is 15.3. The zero-order valence-electron chi connectivity index (χ0n) is 23.3. The summed E-state index contributed by atoms with van der Waals surface area (Å²) in [7, 11) is 0. The van der Waals surface area contributed by atoms with E-state index in [0.29, 0.717) is 5.92 Å². The molecule has 6 heteroatoms. The van der Waals surface area contributed by atoms with Crippen LogP contribution in [-0.4, -0.2) is 31.3 Å². The Balaban J connectivity index is 1.46. The zero-order valence-corrected chi connectivity index (χ0v) is 23.3. The molecule has 3 aromatic heterocycles. The number of aromatic nitrogens is 5. The molecule has 4 aromatic rings. The molecule has 6 nitrogen and oxygen atoms in total. The number of rotatable bonds is 3. The first-order valence-electron chi connectivity index (χ1n) is 14.0. The summed E-state index contributed by atoms with van der Waals surface area (Å²) in [5, 5.41) is 5.35. The molecule has 1 N–H and O–H groups in total. The molecule has 0 saturated heterocycles. The second-order valence-electron chi connectivity index (χ2n) is 12.2. The van der Waals surface area contributed by atoms with Gasteiger partial charge < -0.3 is 9.88 Å². The Morgan fingerprint density at radius 1 is 1.08 bits per heavy atom. The van der Waals surface area contributed by atoms with Crippen molar-refractivity contribution in [3.8, 4) is 5.69 Å². The monoisotopic (exact) mass is 504 g/mol. The smallest absolute Gasteiger partial charge is 0.225 e. The maximum absolute atomic E-state index is 5.35. The number of fused-ring (bicyclic) bond motifs is 10. The molecule has 1 unspecified atom stereocenters. The van der Waals surface area contributed by atoms with Crippen molar-refractivity contribution in [2.75, 3.05) is 11.4 Å². The Bertz CT molecular complexity index is 1600. The van der Waals surface area contributed by atoms with Crippen molar-refractivity contribution in [2.45, 2.75) is 77.7 Å². The van der Waals surface area contributed by atoms with Crippen molar-refractivity contribution in [2.24, 2.45) is 0 Å². The highest BCUT2D eigenvalue weighted by Gasteiger charge is 2.51. The van der Waals surface area contributed by atoms with Crippen LogP contribution in [0.5, 0.6) is 0 Å². The average molecular weight is 505 g/mol. The number of aromatic amines is 1. The molecule has 0 spiro atoms. The molecule has 5 heterocycles. The predicted octanol–water partition coefficient (Wildman–Crippen LogP) is 6.23. The second-order valence-corrected chi connectivity index (χ2v) is 12.2. The lowest BCUT2D eigenvalue weighted by Gasteiger charge is -2.46. The van der Waals surface area contributed by atoms with E-state index in [1.54, 1.807) is 0 Å². The maximum atomic E-state index is 5.35. The van der Waals surface area contributed by atoms with Crippen LogP contribution >= 0.6 is 0 Å². The number of aryl methyl sites for hydroxylation is 1. The molecule has 0 saturated carbocycles. The molecule has 0 amide bonds. The van der Waals surface area contributed by atoms with Gasteiger partial charge in [-0.1, -0.05) is 58.9 Å². The number of hydrogen-bond acceptors (Lipinski definition) is 4. The van der Waals surface area contributed by atoms with Gasteiger partial charge in [-0.15, -0.1) is 0 Å². The number of anilines is 1. The van der Waals surface area contributed by atoms with E-state index < -0.39 is 0 Å². The topological polar surface area (TPSA) is 62.6 Å². The van der Waals surface area contributed by atoms with Crippen LogP contribution in [0.2, 0.25) is 0 Å². The van der Waals surface area contributed by atoms with E-state index in [0.717, 1.165) is 31.9 Å². The van der Waals surface area contributed by atoms with Gasteiger partial charge in [-0.25, -0.2) is 14.6 Å². The fraction of sp³-hybridized carbons (Fsp3) is 0.406. The fourth-order valence-electron chi connectivity index (χ4n) is 7.00. The number of nitrogens with zero attached hydrogens (tertiary/aromatic N) is 5. The summed E-state index contributed by atoms with van der Waals surface area (Å²) in [6.07, 6.45) is 10.4. The zero-order chi connectivity index (χ0) is 26.4. The predicted molar refractivity (Wildman–Crippen MR) is 152 cm³/mol. The van der Waals surface area contributed by atoms with Crippen LogP contribution in [0, 0.1) is 0 Å². The van der Waals surface area contributed by atoms with Crippen molar-refractivity contribution in [1.82, 2.24) is 24.7 Å². The van der Waals surface area contributed by atoms with Gasteiger partial charge in [-0.3, -0.25) is 0 Å². The number of nitrogens with one attached hydrogen (secondary N) is 1. The Morgan fingerprint density at radius 3 is 2.61 bits per heavy atom. The summed E-state index contributed by atoms with van der Waals surface area (Å²) in [5.41, 5.74) is 12.5. The Labute approximate surface area is 224 Å². The number of H-pyrrole nitrogens is 1. The fourth-order valence-corrected chi connectivity index (χ4v) is 7.00. The minimum atomic E-state index is -0.309. The van der Waals surface area contributed by atoms with E-state index in [-0.39, 0.29) is 10.8 Å². The second kappa shape index (κ2) is 7.92.